The van der Waals surface area contributed by atoms with Crippen LogP contribution in [-0.2, 0) is 7.05 Å². The molecule has 13 heavy (non-hydrogen) atoms. The quantitative estimate of drug-likeness (QED) is 0.710. The van der Waals surface area contributed by atoms with E-state index in [1.165, 1.54) is 6.33 Å². The highest BCUT2D eigenvalue weighted by molar-refractivity contribution is 9.10. The molecule has 0 saturated carbocycles. The van der Waals surface area contributed by atoms with E-state index in [0.717, 1.165) is 21.8 Å². The Balaban J connectivity index is 2.96. The first-order valence-electron chi connectivity index (χ1n) is 3.64. The van der Waals surface area contributed by atoms with Gasteiger partial charge in [-0.1, -0.05) is 0 Å². The molecule has 0 saturated heterocycles. The zero-order chi connectivity index (χ0) is 9.42. The Bertz CT molecular complexity index is 438. The average Bonchev–Trinajstić information content (AvgIpc) is 2.41. The van der Waals surface area contributed by atoms with Gasteiger partial charge in [0.05, 0.1) is 21.9 Å². The molecule has 5 heteroatoms. The smallest absolute Gasteiger partial charge is 0.167 e. The summed E-state index contributed by atoms with van der Waals surface area (Å²) in [5.41, 5.74) is 2.19. The highest BCUT2D eigenvalue weighted by atomic mass is 79.9. The molecule has 2 rings (SSSR count). The Hall–Kier alpha value is -1.23. The minimum Gasteiger partial charge on any atom is -0.338 e. The summed E-state index contributed by atoms with van der Waals surface area (Å²) >= 11 is 3.32. The fraction of sp³-hybridized carbons (Fsp3) is 0.125. The second-order valence-corrected chi connectivity index (χ2v) is 3.43. The third-order valence-electron chi connectivity index (χ3n) is 1.96. The minimum absolute atomic E-state index is 0.579. The summed E-state index contributed by atoms with van der Waals surface area (Å²) in [6.07, 6.45) is 3.94. The van der Waals surface area contributed by atoms with Crippen molar-refractivity contribution in [2.24, 2.45) is 7.05 Å². The zero-order valence-electron chi connectivity index (χ0n) is 6.86. The fourth-order valence-corrected chi connectivity index (χ4v) is 1.93. The van der Waals surface area contributed by atoms with Gasteiger partial charge in [-0.05, 0) is 15.9 Å². The van der Waals surface area contributed by atoms with Crippen molar-refractivity contribution in [3.8, 4) is 0 Å². The summed E-state index contributed by atoms with van der Waals surface area (Å²) in [5.74, 6) is 0. The normalized spacial score (nSPS) is 10.6. The van der Waals surface area contributed by atoms with Crippen LogP contribution in [-0.4, -0.2) is 20.8 Å². The number of aryl methyl sites for hydroxylation is 1. The number of hydrogen-bond donors (Lipinski definition) is 0. The molecule has 0 fully saturated rings. The second kappa shape index (κ2) is 2.92. The number of hydrogen-bond acceptors (Lipinski definition) is 3. The SMILES string of the molecule is Cn1c(C=O)c(Br)c2ncncc21. The molecule has 0 spiro atoms. The summed E-state index contributed by atoms with van der Waals surface area (Å²) in [4.78, 5) is 18.7. The van der Waals surface area contributed by atoms with E-state index in [0.29, 0.717) is 5.69 Å². The molecular weight excluding hydrogens is 234 g/mol. The first kappa shape index (κ1) is 8.37. The number of aldehydes is 1. The van der Waals surface area contributed by atoms with Gasteiger partial charge >= 0.3 is 0 Å². The molecule has 0 unspecified atom stereocenters. The molecule has 2 heterocycles. The van der Waals surface area contributed by atoms with Gasteiger partial charge in [0.15, 0.2) is 6.29 Å². The lowest BCUT2D eigenvalue weighted by Gasteiger charge is -1.94. The molecule has 0 amide bonds. The first-order valence-corrected chi connectivity index (χ1v) is 4.44. The number of carbonyl (C=O) groups excluding carboxylic acids is 1. The first-order chi connectivity index (χ1) is 6.25. The molecule has 0 aliphatic carbocycles. The Morgan fingerprint density at radius 2 is 2.38 bits per heavy atom. The highest BCUT2D eigenvalue weighted by Gasteiger charge is 2.12. The summed E-state index contributed by atoms with van der Waals surface area (Å²) in [6, 6.07) is 0. The number of carbonyl (C=O) groups is 1. The molecular formula is C8H6BrN3O. The number of rotatable bonds is 1. The maximum atomic E-state index is 10.7. The van der Waals surface area contributed by atoms with Crippen molar-refractivity contribution in [2.45, 2.75) is 0 Å². The highest BCUT2D eigenvalue weighted by Crippen LogP contribution is 2.26. The van der Waals surface area contributed by atoms with Crippen LogP contribution in [0.3, 0.4) is 0 Å². The molecule has 0 aliphatic rings. The van der Waals surface area contributed by atoms with Crippen LogP contribution in [0.15, 0.2) is 17.0 Å². The van der Waals surface area contributed by atoms with Gasteiger partial charge < -0.3 is 4.57 Å². The van der Waals surface area contributed by atoms with Crippen molar-refractivity contribution in [1.82, 2.24) is 14.5 Å². The van der Waals surface area contributed by atoms with Crippen LogP contribution >= 0.6 is 15.9 Å². The molecule has 66 valence electrons. The van der Waals surface area contributed by atoms with E-state index in [1.54, 1.807) is 17.8 Å². The van der Waals surface area contributed by atoms with Crippen molar-refractivity contribution in [3.63, 3.8) is 0 Å². The molecule has 2 aromatic rings. The summed E-state index contributed by atoms with van der Waals surface area (Å²) in [6.45, 7) is 0. The van der Waals surface area contributed by atoms with Crippen LogP contribution in [0.4, 0.5) is 0 Å². The Morgan fingerprint density at radius 1 is 1.62 bits per heavy atom. The topological polar surface area (TPSA) is 47.8 Å². The maximum Gasteiger partial charge on any atom is 0.167 e. The molecule has 0 aromatic carbocycles. The summed E-state index contributed by atoms with van der Waals surface area (Å²) < 4.78 is 2.48. The second-order valence-electron chi connectivity index (χ2n) is 2.63. The summed E-state index contributed by atoms with van der Waals surface area (Å²) in [5, 5.41) is 0. The molecule has 0 atom stereocenters. The Morgan fingerprint density at radius 3 is 3.00 bits per heavy atom. The number of aromatic nitrogens is 3. The van der Waals surface area contributed by atoms with E-state index in [1.807, 2.05) is 0 Å². The predicted molar refractivity (Wildman–Crippen MR) is 51.6 cm³/mol. The largest absolute Gasteiger partial charge is 0.338 e. The lowest BCUT2D eigenvalue weighted by atomic mass is 10.4. The Kier molecular flexibility index (Phi) is 1.88. The van der Waals surface area contributed by atoms with E-state index in [-0.39, 0.29) is 0 Å². The molecule has 0 N–H and O–H groups in total. The minimum atomic E-state index is 0.579. The predicted octanol–water partition coefficient (Wildman–Crippen LogP) is 1.54. The summed E-state index contributed by atoms with van der Waals surface area (Å²) in [7, 11) is 1.81. The van der Waals surface area contributed by atoms with Gasteiger partial charge in [0.25, 0.3) is 0 Å². The van der Waals surface area contributed by atoms with E-state index < -0.39 is 0 Å². The van der Waals surface area contributed by atoms with Crippen molar-refractivity contribution in [2.75, 3.05) is 0 Å². The van der Waals surface area contributed by atoms with Crippen molar-refractivity contribution in [3.05, 3.63) is 22.7 Å². The standard InChI is InChI=1S/C8H6BrN3O/c1-12-5-2-10-4-11-8(5)7(9)6(12)3-13/h2-4H,1H3. The fourth-order valence-electron chi connectivity index (χ4n) is 1.27. The van der Waals surface area contributed by atoms with Gasteiger partial charge in [-0.15, -0.1) is 0 Å². The lowest BCUT2D eigenvalue weighted by molar-refractivity contribution is 0.111. The van der Waals surface area contributed by atoms with Crippen LogP contribution in [0.5, 0.6) is 0 Å². The van der Waals surface area contributed by atoms with E-state index in [2.05, 4.69) is 25.9 Å². The molecule has 0 aliphatic heterocycles. The third kappa shape index (κ3) is 1.07. The van der Waals surface area contributed by atoms with Crippen LogP contribution in [0.1, 0.15) is 10.5 Å². The molecule has 2 aromatic heterocycles. The maximum absolute atomic E-state index is 10.7. The van der Waals surface area contributed by atoms with Gasteiger partial charge in [-0.3, -0.25) is 4.79 Å². The monoisotopic (exact) mass is 239 g/mol. The van der Waals surface area contributed by atoms with Crippen LogP contribution in [0, 0.1) is 0 Å². The van der Waals surface area contributed by atoms with Gasteiger partial charge in [0, 0.05) is 7.05 Å². The number of fused-ring (bicyclic) bond motifs is 1. The van der Waals surface area contributed by atoms with Crippen molar-refractivity contribution < 1.29 is 4.79 Å². The molecule has 4 nitrogen and oxygen atoms in total. The average molecular weight is 240 g/mol. The van der Waals surface area contributed by atoms with Gasteiger partial charge in [-0.2, -0.15) is 0 Å². The van der Waals surface area contributed by atoms with Crippen LogP contribution < -0.4 is 0 Å². The van der Waals surface area contributed by atoms with Crippen LogP contribution in [0.25, 0.3) is 11.0 Å². The van der Waals surface area contributed by atoms with E-state index in [9.17, 15) is 4.79 Å². The van der Waals surface area contributed by atoms with Crippen molar-refractivity contribution >= 4 is 33.2 Å². The van der Waals surface area contributed by atoms with Crippen LogP contribution in [0.2, 0.25) is 0 Å². The third-order valence-corrected chi connectivity index (χ3v) is 2.74. The Labute approximate surface area is 82.7 Å². The lowest BCUT2D eigenvalue weighted by Crippen LogP contribution is -1.94. The van der Waals surface area contributed by atoms with Crippen molar-refractivity contribution in [1.29, 1.82) is 0 Å². The number of nitrogens with zero attached hydrogens (tertiary/aromatic N) is 3. The zero-order valence-corrected chi connectivity index (χ0v) is 8.45. The van der Waals surface area contributed by atoms with Gasteiger partial charge in [-0.25, -0.2) is 9.97 Å². The number of halogens is 1. The van der Waals surface area contributed by atoms with E-state index in [4.69, 9.17) is 0 Å². The van der Waals surface area contributed by atoms with E-state index >= 15 is 0 Å². The molecule has 0 bridgehead atoms. The molecule has 0 radical (unpaired) electrons. The van der Waals surface area contributed by atoms with Gasteiger partial charge in [0.1, 0.15) is 11.8 Å². The van der Waals surface area contributed by atoms with Gasteiger partial charge in [0.2, 0.25) is 0 Å².